The quantitative estimate of drug-likeness (QED) is 0.668. The molecule has 0 aliphatic rings. The minimum absolute atomic E-state index is 0.249. The molecule has 0 aliphatic carbocycles. The molecule has 0 saturated carbocycles. The Morgan fingerprint density at radius 3 is 2.31 bits per heavy atom. The largest absolute Gasteiger partial charge is 0.296 e. The van der Waals surface area contributed by atoms with Crippen LogP contribution in [0.5, 0.6) is 0 Å². The van der Waals surface area contributed by atoms with Crippen LogP contribution in [0.4, 0.5) is 0 Å². The van der Waals surface area contributed by atoms with Crippen LogP contribution in [0.25, 0.3) is 0 Å². The van der Waals surface area contributed by atoms with Gasteiger partial charge in [0.15, 0.2) is 6.29 Å². The Hall–Kier alpha value is -1.19. The van der Waals surface area contributed by atoms with Crippen molar-refractivity contribution in [3.8, 4) is 0 Å². The van der Waals surface area contributed by atoms with Gasteiger partial charge < -0.3 is 0 Å². The average molecular weight is 181 g/mol. The molecule has 4 heteroatoms. The van der Waals surface area contributed by atoms with E-state index in [1.54, 1.807) is 4.68 Å². The molecule has 1 aromatic rings. The van der Waals surface area contributed by atoms with Crippen LogP contribution in [-0.2, 0) is 0 Å². The highest BCUT2D eigenvalue weighted by Crippen LogP contribution is 2.19. The Bertz CT molecular complexity index is 302. The lowest BCUT2D eigenvalue weighted by Gasteiger charge is -2.12. The third-order valence-electron chi connectivity index (χ3n) is 1.91. The Labute approximate surface area is 77.9 Å². The van der Waals surface area contributed by atoms with Crippen LogP contribution in [0.3, 0.4) is 0 Å². The van der Waals surface area contributed by atoms with Crippen molar-refractivity contribution in [3.05, 3.63) is 11.4 Å². The van der Waals surface area contributed by atoms with E-state index in [1.807, 2.05) is 27.7 Å². The summed E-state index contributed by atoms with van der Waals surface area (Å²) >= 11 is 0. The lowest BCUT2D eigenvalue weighted by molar-refractivity contribution is 0.111. The molecular formula is C9H15N3O. The summed E-state index contributed by atoms with van der Waals surface area (Å²) in [6.45, 7) is 8.11. The second-order valence-corrected chi connectivity index (χ2v) is 3.67. The molecule has 1 heterocycles. The van der Waals surface area contributed by atoms with Crippen molar-refractivity contribution in [2.75, 3.05) is 0 Å². The van der Waals surface area contributed by atoms with E-state index in [4.69, 9.17) is 0 Å². The van der Waals surface area contributed by atoms with Gasteiger partial charge in [-0.1, -0.05) is 19.1 Å². The van der Waals surface area contributed by atoms with E-state index >= 15 is 0 Å². The molecule has 0 atom stereocenters. The normalized spacial score (nSPS) is 11.2. The highest BCUT2D eigenvalue weighted by Gasteiger charge is 2.16. The third-order valence-corrected chi connectivity index (χ3v) is 1.91. The molecule has 0 amide bonds. The van der Waals surface area contributed by atoms with Crippen LogP contribution in [0.2, 0.25) is 0 Å². The summed E-state index contributed by atoms with van der Waals surface area (Å²) in [7, 11) is 0. The van der Waals surface area contributed by atoms with E-state index in [9.17, 15) is 4.79 Å². The topological polar surface area (TPSA) is 47.8 Å². The van der Waals surface area contributed by atoms with Crippen molar-refractivity contribution in [2.24, 2.45) is 0 Å². The zero-order valence-corrected chi connectivity index (χ0v) is 8.48. The Morgan fingerprint density at radius 1 is 1.31 bits per heavy atom. The van der Waals surface area contributed by atoms with E-state index in [0.717, 1.165) is 12.0 Å². The average Bonchev–Trinajstić information content (AvgIpc) is 2.46. The van der Waals surface area contributed by atoms with E-state index < -0.39 is 0 Å². The number of nitrogens with zero attached hydrogens (tertiary/aromatic N) is 3. The van der Waals surface area contributed by atoms with Gasteiger partial charge in [-0.15, -0.1) is 5.10 Å². The van der Waals surface area contributed by atoms with E-state index in [-0.39, 0.29) is 12.0 Å². The summed E-state index contributed by atoms with van der Waals surface area (Å²) in [6, 6.07) is 0.249. The molecule has 0 aromatic carbocycles. The molecule has 0 bridgehead atoms. The van der Waals surface area contributed by atoms with Crippen molar-refractivity contribution in [1.82, 2.24) is 15.0 Å². The van der Waals surface area contributed by atoms with Gasteiger partial charge in [0.05, 0.1) is 5.69 Å². The van der Waals surface area contributed by atoms with Gasteiger partial charge in [0.2, 0.25) is 0 Å². The predicted molar refractivity (Wildman–Crippen MR) is 49.9 cm³/mol. The van der Waals surface area contributed by atoms with E-state index in [2.05, 4.69) is 10.3 Å². The van der Waals surface area contributed by atoms with Crippen molar-refractivity contribution >= 4 is 6.29 Å². The third kappa shape index (κ3) is 1.76. The lowest BCUT2D eigenvalue weighted by atomic mass is 10.1. The standard InChI is InChI=1S/C9H15N3O/c1-6(2)9-8(5-13)10-11-12(9)7(3)4/h5-7H,1-4H3. The number of rotatable bonds is 3. The molecule has 72 valence electrons. The van der Waals surface area contributed by atoms with Crippen LogP contribution in [0.15, 0.2) is 0 Å². The molecule has 13 heavy (non-hydrogen) atoms. The summed E-state index contributed by atoms with van der Waals surface area (Å²) < 4.78 is 1.80. The minimum atomic E-state index is 0.249. The first-order valence-electron chi connectivity index (χ1n) is 4.48. The summed E-state index contributed by atoms with van der Waals surface area (Å²) in [5.74, 6) is 0.276. The Morgan fingerprint density at radius 2 is 1.92 bits per heavy atom. The minimum Gasteiger partial charge on any atom is -0.296 e. The van der Waals surface area contributed by atoms with E-state index in [1.165, 1.54) is 0 Å². The zero-order valence-electron chi connectivity index (χ0n) is 8.48. The van der Waals surface area contributed by atoms with Gasteiger partial charge in [0, 0.05) is 6.04 Å². The Balaban J connectivity index is 3.21. The van der Waals surface area contributed by atoms with Gasteiger partial charge in [-0.05, 0) is 19.8 Å². The molecule has 1 aromatic heterocycles. The summed E-state index contributed by atoms with van der Waals surface area (Å²) in [4.78, 5) is 10.7. The fourth-order valence-corrected chi connectivity index (χ4v) is 1.34. The lowest BCUT2D eigenvalue weighted by Crippen LogP contribution is -2.09. The SMILES string of the molecule is CC(C)c1c(C=O)nnn1C(C)C. The summed E-state index contributed by atoms with van der Waals surface area (Å²) in [5, 5.41) is 7.77. The van der Waals surface area contributed by atoms with Gasteiger partial charge in [-0.3, -0.25) is 4.79 Å². The number of aromatic nitrogens is 3. The van der Waals surface area contributed by atoms with Gasteiger partial charge in [0.1, 0.15) is 5.69 Å². The fraction of sp³-hybridized carbons (Fsp3) is 0.667. The zero-order chi connectivity index (χ0) is 10.0. The second-order valence-electron chi connectivity index (χ2n) is 3.67. The molecule has 0 saturated heterocycles. The number of carbonyl (C=O) groups excluding carboxylic acids is 1. The molecule has 0 radical (unpaired) electrons. The van der Waals surface area contributed by atoms with Crippen molar-refractivity contribution in [1.29, 1.82) is 0 Å². The maximum atomic E-state index is 10.7. The number of hydrogen-bond acceptors (Lipinski definition) is 3. The van der Waals surface area contributed by atoms with Crippen molar-refractivity contribution in [2.45, 2.75) is 39.7 Å². The maximum Gasteiger partial charge on any atom is 0.172 e. The number of carbonyl (C=O) groups is 1. The molecular weight excluding hydrogens is 166 g/mol. The number of aldehydes is 1. The first-order valence-corrected chi connectivity index (χ1v) is 4.48. The van der Waals surface area contributed by atoms with Gasteiger partial charge >= 0.3 is 0 Å². The van der Waals surface area contributed by atoms with Crippen LogP contribution in [-0.4, -0.2) is 21.3 Å². The molecule has 1 rings (SSSR count). The fourth-order valence-electron chi connectivity index (χ4n) is 1.34. The number of hydrogen-bond donors (Lipinski definition) is 0. The van der Waals surface area contributed by atoms with Crippen LogP contribution in [0.1, 0.15) is 55.8 Å². The van der Waals surface area contributed by atoms with Crippen LogP contribution >= 0.6 is 0 Å². The van der Waals surface area contributed by atoms with Crippen LogP contribution < -0.4 is 0 Å². The van der Waals surface area contributed by atoms with E-state index in [0.29, 0.717) is 5.69 Å². The maximum absolute atomic E-state index is 10.7. The van der Waals surface area contributed by atoms with Gasteiger partial charge in [-0.2, -0.15) is 0 Å². The van der Waals surface area contributed by atoms with Gasteiger partial charge in [-0.25, -0.2) is 4.68 Å². The van der Waals surface area contributed by atoms with Gasteiger partial charge in [0.25, 0.3) is 0 Å². The monoisotopic (exact) mass is 181 g/mol. The Kier molecular flexibility index (Phi) is 2.80. The van der Waals surface area contributed by atoms with Crippen molar-refractivity contribution < 1.29 is 4.79 Å². The highest BCUT2D eigenvalue weighted by molar-refractivity contribution is 5.73. The molecule has 0 N–H and O–H groups in total. The highest BCUT2D eigenvalue weighted by atomic mass is 16.1. The predicted octanol–water partition coefficient (Wildman–Crippen LogP) is 1.79. The second kappa shape index (κ2) is 3.68. The molecule has 0 aliphatic heterocycles. The molecule has 4 nitrogen and oxygen atoms in total. The summed E-state index contributed by atoms with van der Waals surface area (Å²) in [6.07, 6.45) is 0.765. The summed E-state index contributed by atoms with van der Waals surface area (Å²) in [5.41, 5.74) is 1.38. The van der Waals surface area contributed by atoms with Crippen LogP contribution in [0, 0.1) is 0 Å². The molecule has 0 fully saturated rings. The van der Waals surface area contributed by atoms with Crippen molar-refractivity contribution in [3.63, 3.8) is 0 Å². The first-order chi connectivity index (χ1) is 6.07. The molecule has 0 spiro atoms. The molecule has 0 unspecified atom stereocenters. The smallest absolute Gasteiger partial charge is 0.172 e. The first kappa shape index (κ1) is 9.89.